The van der Waals surface area contributed by atoms with Gasteiger partial charge in [0.25, 0.3) is 0 Å². The molecular formula is C28H56O5S. The first-order valence-corrected chi connectivity index (χ1v) is 15.9. The van der Waals surface area contributed by atoms with E-state index in [1.54, 1.807) is 0 Å². The van der Waals surface area contributed by atoms with Crippen molar-refractivity contribution >= 4 is 16.2 Å². The highest BCUT2D eigenvalue weighted by Crippen LogP contribution is 2.17. The van der Waals surface area contributed by atoms with E-state index < -0.39 is 16.5 Å². The first-order chi connectivity index (χ1) is 16.4. The maximum Gasteiger partial charge on any atom is 0.397 e. The lowest BCUT2D eigenvalue weighted by Gasteiger charge is -2.14. The summed E-state index contributed by atoms with van der Waals surface area (Å²) in [7, 11) is -4.35. The van der Waals surface area contributed by atoms with Crippen molar-refractivity contribution in [2.75, 3.05) is 0 Å². The van der Waals surface area contributed by atoms with E-state index >= 15 is 0 Å². The van der Waals surface area contributed by atoms with Crippen LogP contribution < -0.4 is 0 Å². The van der Waals surface area contributed by atoms with Crippen molar-refractivity contribution in [1.29, 1.82) is 0 Å². The molecule has 1 unspecified atom stereocenters. The van der Waals surface area contributed by atoms with Crippen molar-refractivity contribution in [3.8, 4) is 0 Å². The minimum atomic E-state index is -4.35. The lowest BCUT2D eigenvalue weighted by atomic mass is 10.0. The molecule has 0 aromatic heterocycles. The first kappa shape index (κ1) is 33.5. The van der Waals surface area contributed by atoms with Gasteiger partial charge in [0, 0.05) is 12.8 Å². The highest BCUT2D eigenvalue weighted by Gasteiger charge is 2.16. The zero-order valence-electron chi connectivity index (χ0n) is 22.5. The third-order valence-corrected chi connectivity index (χ3v) is 7.19. The van der Waals surface area contributed by atoms with Gasteiger partial charge in [-0.25, -0.2) is 4.18 Å². The van der Waals surface area contributed by atoms with Crippen molar-refractivity contribution in [3.05, 3.63) is 0 Å². The van der Waals surface area contributed by atoms with Crippen LogP contribution in [0.2, 0.25) is 0 Å². The van der Waals surface area contributed by atoms with Crippen molar-refractivity contribution in [1.82, 2.24) is 0 Å². The summed E-state index contributed by atoms with van der Waals surface area (Å²) in [6.45, 7) is 4.31. The topological polar surface area (TPSA) is 80.7 Å². The molecule has 0 rings (SSSR count). The van der Waals surface area contributed by atoms with E-state index in [-0.39, 0.29) is 0 Å². The highest BCUT2D eigenvalue weighted by molar-refractivity contribution is 7.80. The lowest BCUT2D eigenvalue weighted by molar-refractivity contribution is -0.119. The molecule has 1 atom stereocenters. The second kappa shape index (κ2) is 24.2. The second-order valence-corrected chi connectivity index (χ2v) is 11.2. The van der Waals surface area contributed by atoms with Crippen LogP contribution in [0.25, 0.3) is 0 Å². The normalized spacial score (nSPS) is 12.8. The molecule has 0 aromatic carbocycles. The highest BCUT2D eigenvalue weighted by atomic mass is 32.3. The fraction of sp³-hybridized carbons (Fsp3) is 0.964. The quantitative estimate of drug-likeness (QED) is 0.0890. The fourth-order valence-electron chi connectivity index (χ4n) is 4.53. The van der Waals surface area contributed by atoms with Gasteiger partial charge >= 0.3 is 10.4 Å². The molecule has 0 radical (unpaired) electrons. The molecule has 0 aliphatic heterocycles. The fourth-order valence-corrected chi connectivity index (χ4v) is 5.07. The Hall–Kier alpha value is -0.460. The molecular weight excluding hydrogens is 448 g/mol. The number of hydrogen-bond acceptors (Lipinski definition) is 4. The third kappa shape index (κ3) is 26.2. The summed E-state index contributed by atoms with van der Waals surface area (Å²) in [4.78, 5) is 12.0. The number of unbranched alkanes of at least 4 members (excludes halogenated alkanes) is 17. The molecule has 0 fully saturated rings. The van der Waals surface area contributed by atoms with E-state index in [4.69, 9.17) is 8.74 Å². The van der Waals surface area contributed by atoms with E-state index in [1.807, 2.05) is 0 Å². The number of carbonyl (C=O) groups excluding carboxylic acids is 1. The Morgan fingerprint density at radius 3 is 1.35 bits per heavy atom. The molecule has 204 valence electrons. The van der Waals surface area contributed by atoms with Crippen LogP contribution in [0.4, 0.5) is 0 Å². The standard InChI is InChI=1S/C28H56O5S/c1-3-5-7-8-9-11-14-17-20-23-27(29)24-21-18-15-12-10-13-16-19-22-26-28(25-6-4-2)33-34(30,31)32/h28H,3-26H2,1-2H3,(H,30,31,32). The SMILES string of the molecule is CCCCCCCCCCCC(=O)CCCCCCCCCCCC(CCCC)OS(=O)(=O)O. The van der Waals surface area contributed by atoms with Gasteiger partial charge in [0.2, 0.25) is 0 Å². The van der Waals surface area contributed by atoms with Crippen LogP contribution >= 0.6 is 0 Å². The molecule has 5 nitrogen and oxygen atoms in total. The maximum absolute atomic E-state index is 12.0. The minimum Gasteiger partial charge on any atom is -0.300 e. The van der Waals surface area contributed by atoms with Crippen molar-refractivity contribution in [2.45, 2.75) is 174 Å². The molecule has 0 amide bonds. The Labute approximate surface area is 212 Å². The molecule has 0 heterocycles. The predicted molar refractivity (Wildman–Crippen MR) is 144 cm³/mol. The van der Waals surface area contributed by atoms with Gasteiger partial charge < -0.3 is 0 Å². The second-order valence-electron chi connectivity index (χ2n) is 10.1. The Balaban J connectivity index is 3.44. The number of Topliss-reactive ketones (excluding diaryl/α,β-unsaturated/α-hetero) is 1. The van der Waals surface area contributed by atoms with Crippen LogP contribution in [0.5, 0.6) is 0 Å². The van der Waals surface area contributed by atoms with Crippen LogP contribution in [0.3, 0.4) is 0 Å². The van der Waals surface area contributed by atoms with Crippen LogP contribution in [0, 0.1) is 0 Å². The lowest BCUT2D eigenvalue weighted by Crippen LogP contribution is -2.18. The number of hydrogen-bond donors (Lipinski definition) is 1. The van der Waals surface area contributed by atoms with E-state index in [9.17, 15) is 13.2 Å². The van der Waals surface area contributed by atoms with E-state index in [2.05, 4.69) is 13.8 Å². The Morgan fingerprint density at radius 1 is 0.588 bits per heavy atom. The summed E-state index contributed by atoms with van der Waals surface area (Å²) in [6.07, 6.45) is 26.4. The van der Waals surface area contributed by atoms with Crippen molar-refractivity contribution in [3.63, 3.8) is 0 Å². The number of carbonyl (C=O) groups is 1. The zero-order valence-corrected chi connectivity index (χ0v) is 23.4. The Morgan fingerprint density at radius 2 is 0.941 bits per heavy atom. The molecule has 0 aromatic rings. The number of ketones is 1. The Bertz CT molecular complexity index is 547. The minimum absolute atomic E-state index is 0.391. The van der Waals surface area contributed by atoms with Gasteiger partial charge in [-0.15, -0.1) is 0 Å². The molecule has 0 spiro atoms. The number of rotatable bonds is 27. The molecule has 0 aliphatic rings. The third-order valence-electron chi connectivity index (χ3n) is 6.68. The molecule has 0 bridgehead atoms. The van der Waals surface area contributed by atoms with Crippen LogP contribution in [0.15, 0.2) is 0 Å². The zero-order chi connectivity index (χ0) is 25.3. The monoisotopic (exact) mass is 504 g/mol. The van der Waals surface area contributed by atoms with Gasteiger partial charge in [-0.3, -0.25) is 9.35 Å². The molecule has 34 heavy (non-hydrogen) atoms. The average molecular weight is 505 g/mol. The van der Waals surface area contributed by atoms with Gasteiger partial charge in [0.15, 0.2) is 0 Å². The van der Waals surface area contributed by atoms with Gasteiger partial charge in [-0.05, 0) is 25.7 Å². The average Bonchev–Trinajstić information content (AvgIpc) is 2.78. The van der Waals surface area contributed by atoms with Gasteiger partial charge in [-0.1, -0.05) is 129 Å². The maximum atomic E-state index is 12.0. The predicted octanol–water partition coefficient (Wildman–Crippen LogP) is 9.15. The summed E-state index contributed by atoms with van der Waals surface area (Å²) in [5.74, 6) is 0.457. The molecule has 0 aliphatic carbocycles. The van der Waals surface area contributed by atoms with E-state index in [0.717, 1.165) is 64.2 Å². The van der Waals surface area contributed by atoms with E-state index in [0.29, 0.717) is 18.6 Å². The molecule has 0 saturated heterocycles. The summed E-state index contributed by atoms with van der Waals surface area (Å²) in [5, 5.41) is 0. The molecule has 1 N–H and O–H groups in total. The Kier molecular flexibility index (Phi) is 23.9. The van der Waals surface area contributed by atoms with Gasteiger partial charge in [0.05, 0.1) is 6.10 Å². The summed E-state index contributed by atoms with van der Waals surface area (Å²) in [6, 6.07) is 0. The summed E-state index contributed by atoms with van der Waals surface area (Å²) in [5.41, 5.74) is 0. The van der Waals surface area contributed by atoms with Crippen molar-refractivity contribution in [2.24, 2.45) is 0 Å². The summed E-state index contributed by atoms with van der Waals surface area (Å²) >= 11 is 0. The van der Waals surface area contributed by atoms with Crippen molar-refractivity contribution < 1.29 is 21.9 Å². The van der Waals surface area contributed by atoms with Crippen LogP contribution in [-0.4, -0.2) is 24.9 Å². The smallest absolute Gasteiger partial charge is 0.300 e. The van der Waals surface area contributed by atoms with Gasteiger partial charge in [0.1, 0.15) is 5.78 Å². The van der Waals surface area contributed by atoms with Gasteiger partial charge in [-0.2, -0.15) is 8.42 Å². The van der Waals surface area contributed by atoms with Crippen LogP contribution in [-0.2, 0) is 19.4 Å². The molecule has 6 heteroatoms. The molecule has 0 saturated carbocycles. The first-order valence-electron chi connectivity index (χ1n) is 14.6. The van der Waals surface area contributed by atoms with E-state index in [1.165, 1.54) is 77.0 Å². The van der Waals surface area contributed by atoms with Crippen LogP contribution in [0.1, 0.15) is 168 Å². The largest absolute Gasteiger partial charge is 0.397 e. The summed E-state index contributed by atoms with van der Waals surface area (Å²) < 4.78 is 35.6.